The molecule has 3 aromatic carbocycles. The van der Waals surface area contributed by atoms with Crippen molar-refractivity contribution in [3.63, 3.8) is 0 Å². The van der Waals surface area contributed by atoms with Gasteiger partial charge in [-0.3, -0.25) is 9.59 Å². The molecule has 4 rings (SSSR count). The Labute approximate surface area is 235 Å². The fourth-order valence-corrected chi connectivity index (χ4v) is 10.9. The molecule has 3 aromatic rings. The van der Waals surface area contributed by atoms with Crippen molar-refractivity contribution in [1.29, 1.82) is 0 Å². The maximum atomic E-state index is 12.4. The summed E-state index contributed by atoms with van der Waals surface area (Å²) < 4.78 is 0. The van der Waals surface area contributed by atoms with Gasteiger partial charge in [0.05, 0.1) is 0 Å². The van der Waals surface area contributed by atoms with Gasteiger partial charge in [0, 0.05) is 11.1 Å². The molecule has 0 bridgehead atoms. The molecular formula is C36H43O2P. The fraction of sp³-hybridized carbons (Fsp3) is 0.333. The third-order valence-corrected chi connectivity index (χ3v) is 13.5. The van der Waals surface area contributed by atoms with E-state index in [2.05, 4.69) is 91.0 Å². The van der Waals surface area contributed by atoms with Crippen LogP contribution < -0.4 is 15.9 Å². The van der Waals surface area contributed by atoms with Crippen LogP contribution in [0.2, 0.25) is 0 Å². The molecule has 3 heteroatoms. The molecule has 2 nitrogen and oxygen atoms in total. The van der Waals surface area contributed by atoms with Gasteiger partial charge in [-0.05, 0) is 13.8 Å². The second-order valence-electron chi connectivity index (χ2n) is 10.9. The van der Waals surface area contributed by atoms with E-state index in [4.69, 9.17) is 0 Å². The molecule has 0 aromatic heterocycles. The summed E-state index contributed by atoms with van der Waals surface area (Å²) >= 11 is 0. The van der Waals surface area contributed by atoms with Crippen LogP contribution in [0.4, 0.5) is 0 Å². The summed E-state index contributed by atoms with van der Waals surface area (Å²) in [7, 11) is -2.11. The predicted octanol–water partition coefficient (Wildman–Crippen LogP) is 7.64. The van der Waals surface area contributed by atoms with E-state index in [1.165, 1.54) is 60.6 Å². The molecule has 0 spiro atoms. The number of carbonyl (C=O) groups excluding carboxylic acids is 2. The Bertz CT molecular complexity index is 1190. The number of hydrogen-bond donors (Lipinski definition) is 0. The minimum Gasteiger partial charge on any atom is -0.290 e. The first kappa shape index (κ1) is 28.9. The van der Waals surface area contributed by atoms with Crippen molar-refractivity contribution in [2.24, 2.45) is 0 Å². The van der Waals surface area contributed by atoms with Gasteiger partial charge in [-0.15, -0.1) is 0 Å². The van der Waals surface area contributed by atoms with Crippen molar-refractivity contribution in [1.82, 2.24) is 0 Å². The number of benzene rings is 3. The number of rotatable bonds is 14. The van der Waals surface area contributed by atoms with E-state index in [0.717, 1.165) is 19.3 Å². The van der Waals surface area contributed by atoms with Gasteiger partial charge in [0.1, 0.15) is 0 Å². The smallest absolute Gasteiger partial charge is 0.290 e. The van der Waals surface area contributed by atoms with Crippen LogP contribution in [0.15, 0.2) is 114 Å². The van der Waals surface area contributed by atoms with Crippen LogP contribution in [0.5, 0.6) is 0 Å². The number of Topliss-reactive ketones (excluding diaryl/α,β-unsaturated/α-hetero) is 1. The van der Waals surface area contributed by atoms with Crippen LogP contribution in [0, 0.1) is 0 Å². The molecule has 0 aliphatic heterocycles. The molecule has 0 N–H and O–H groups in total. The maximum absolute atomic E-state index is 12.4. The molecule has 204 valence electrons. The fourth-order valence-electron chi connectivity index (χ4n) is 5.98. The number of allylic oxidation sites excluding steroid dienone is 4. The summed E-state index contributed by atoms with van der Waals surface area (Å²) in [6, 6.07) is 33.6. The minimum absolute atomic E-state index is 0.000901. The first-order chi connectivity index (χ1) is 19.0. The molecule has 0 radical (unpaired) electrons. The first-order valence-corrected chi connectivity index (χ1v) is 16.9. The molecule has 39 heavy (non-hydrogen) atoms. The molecule has 1 aliphatic rings. The van der Waals surface area contributed by atoms with Gasteiger partial charge in [-0.2, -0.15) is 0 Å². The predicted molar refractivity (Wildman–Crippen MR) is 169 cm³/mol. The van der Waals surface area contributed by atoms with E-state index in [1.807, 2.05) is 0 Å². The molecule has 0 heterocycles. The van der Waals surface area contributed by atoms with E-state index >= 15 is 0 Å². The summed E-state index contributed by atoms with van der Waals surface area (Å²) in [6.45, 7) is 3.52. The van der Waals surface area contributed by atoms with Gasteiger partial charge >= 0.3 is 196 Å². The van der Waals surface area contributed by atoms with Gasteiger partial charge in [0.25, 0.3) is 0 Å². The normalized spacial score (nSPS) is 14.5. The third-order valence-electron chi connectivity index (χ3n) is 8.42. The summed E-state index contributed by atoms with van der Waals surface area (Å²) in [5, 5.41) is 4.49. The molecular weight excluding hydrogens is 495 g/mol. The molecule has 0 amide bonds. The zero-order valence-corrected chi connectivity index (χ0v) is 24.6. The van der Waals surface area contributed by atoms with Gasteiger partial charge in [-0.25, -0.2) is 0 Å². The third kappa shape index (κ3) is 7.11. The number of hydrogen-bond acceptors (Lipinski definition) is 2. The summed E-state index contributed by atoms with van der Waals surface area (Å²) in [6.07, 6.45) is 13.1. The quantitative estimate of drug-likeness (QED) is 0.120. The van der Waals surface area contributed by atoms with Crippen molar-refractivity contribution >= 4 is 34.7 Å². The van der Waals surface area contributed by atoms with Gasteiger partial charge in [-0.1, -0.05) is 0 Å². The molecule has 1 aliphatic carbocycles. The molecule has 0 atom stereocenters. The van der Waals surface area contributed by atoms with Gasteiger partial charge in [0.2, 0.25) is 0 Å². The van der Waals surface area contributed by atoms with Crippen LogP contribution in [0.25, 0.3) is 0 Å². The Hall–Kier alpha value is -3.09. The molecule has 0 saturated heterocycles. The summed E-state index contributed by atoms with van der Waals surface area (Å²) in [4.78, 5) is 24.5. The van der Waals surface area contributed by atoms with Crippen LogP contribution in [0.1, 0.15) is 71.6 Å². The van der Waals surface area contributed by atoms with E-state index in [1.54, 1.807) is 19.9 Å². The topological polar surface area (TPSA) is 34.1 Å². The Morgan fingerprint density at radius 2 is 0.923 bits per heavy atom. The summed E-state index contributed by atoms with van der Waals surface area (Å²) in [5.41, 5.74) is 1.92. The van der Waals surface area contributed by atoms with Gasteiger partial charge in [0.15, 0.2) is 5.78 Å². The van der Waals surface area contributed by atoms with E-state index in [9.17, 15) is 9.59 Å². The SMILES string of the molecule is CC1=C(C)C(=O)C(CCCCCCCCCC[PH](c2ccccc2)(c2ccccc2)c2ccccc2)=CC1=O. The Morgan fingerprint density at radius 1 is 0.513 bits per heavy atom. The second kappa shape index (κ2) is 14.3. The molecule has 0 unspecified atom stereocenters. The standard InChI is InChI=1S/C36H43O2P/c1-29-30(2)36(38)31(28-35(29)37)20-12-7-5-3-4-6-8-19-27-39(32-21-13-9-14-22-32,33-23-15-10-16-24-33)34-25-17-11-18-26-34/h9-11,13-18,21-26,28,39H,3-8,12,19-20,27H2,1-2H3. The number of ketones is 2. The van der Waals surface area contributed by atoms with Crippen molar-refractivity contribution < 1.29 is 9.59 Å². The van der Waals surface area contributed by atoms with Crippen molar-refractivity contribution in [2.45, 2.75) is 71.6 Å². The Kier molecular flexibility index (Phi) is 10.6. The van der Waals surface area contributed by atoms with Crippen LogP contribution >= 0.6 is 7.26 Å². The van der Waals surface area contributed by atoms with Crippen molar-refractivity contribution in [3.8, 4) is 0 Å². The summed E-state index contributed by atoms with van der Waals surface area (Å²) in [5.74, 6) is 0.0641. The van der Waals surface area contributed by atoms with Crippen LogP contribution in [0.3, 0.4) is 0 Å². The van der Waals surface area contributed by atoms with Crippen molar-refractivity contribution in [2.75, 3.05) is 6.16 Å². The van der Waals surface area contributed by atoms with Crippen LogP contribution in [-0.2, 0) is 9.59 Å². The number of unbranched alkanes of at least 4 members (excludes halogenated alkanes) is 7. The molecule has 0 saturated carbocycles. The Balaban J connectivity index is 1.26. The van der Waals surface area contributed by atoms with E-state index in [0.29, 0.717) is 16.7 Å². The minimum atomic E-state index is -2.11. The van der Waals surface area contributed by atoms with Crippen LogP contribution in [-0.4, -0.2) is 17.7 Å². The monoisotopic (exact) mass is 538 g/mol. The second-order valence-corrected chi connectivity index (χ2v) is 15.0. The average Bonchev–Trinajstić information content (AvgIpc) is 2.99. The van der Waals surface area contributed by atoms with E-state index in [-0.39, 0.29) is 11.6 Å². The van der Waals surface area contributed by atoms with Crippen molar-refractivity contribution in [3.05, 3.63) is 114 Å². The molecule has 0 fully saturated rings. The first-order valence-electron chi connectivity index (χ1n) is 14.7. The zero-order valence-electron chi connectivity index (χ0n) is 23.6. The zero-order chi connectivity index (χ0) is 27.5. The van der Waals surface area contributed by atoms with Gasteiger partial charge < -0.3 is 0 Å². The van der Waals surface area contributed by atoms with E-state index < -0.39 is 7.26 Å². The average molecular weight is 539 g/mol. The Morgan fingerprint density at radius 3 is 1.38 bits per heavy atom. The number of carbonyl (C=O) groups is 2.